The number of halogens is 1. The van der Waals surface area contributed by atoms with Gasteiger partial charge in [-0.1, -0.05) is 23.7 Å². The van der Waals surface area contributed by atoms with Crippen molar-refractivity contribution >= 4 is 30.9 Å². The van der Waals surface area contributed by atoms with Crippen molar-refractivity contribution in [2.24, 2.45) is 0 Å². The maximum Gasteiger partial charge on any atom is 0.492 e. The van der Waals surface area contributed by atoms with Crippen molar-refractivity contribution < 1.29 is 23.6 Å². The molecule has 1 aromatic carbocycles. The van der Waals surface area contributed by atoms with Crippen LogP contribution in [0.15, 0.2) is 23.7 Å². The summed E-state index contributed by atoms with van der Waals surface area (Å²) < 4.78 is 22.9. The summed E-state index contributed by atoms with van der Waals surface area (Å²) in [5.41, 5.74) is 0.00433. The van der Waals surface area contributed by atoms with Crippen LogP contribution in [0.5, 0.6) is 5.75 Å². The summed E-state index contributed by atoms with van der Waals surface area (Å²) in [4.78, 5) is 12.1. The fourth-order valence-electron chi connectivity index (χ4n) is 2.67. The largest absolute Gasteiger partial charge is 0.495 e. The first-order chi connectivity index (χ1) is 13.2. The molecule has 0 saturated carbocycles. The van der Waals surface area contributed by atoms with E-state index in [4.69, 9.17) is 30.4 Å². The second kappa shape index (κ2) is 8.58. The molecule has 1 aliphatic rings. The van der Waals surface area contributed by atoms with Gasteiger partial charge in [-0.3, -0.25) is 0 Å². The Hall–Kier alpha value is -1.70. The Balaban J connectivity index is 2.28. The van der Waals surface area contributed by atoms with E-state index in [9.17, 15) is 4.79 Å². The van der Waals surface area contributed by atoms with Crippen molar-refractivity contribution in [2.45, 2.75) is 65.3 Å². The molecule has 8 heteroatoms. The molecule has 1 fully saturated rings. The van der Waals surface area contributed by atoms with Gasteiger partial charge < -0.3 is 24.1 Å². The van der Waals surface area contributed by atoms with Gasteiger partial charge >= 0.3 is 13.2 Å². The monoisotopic (exact) mass is 423 g/mol. The number of benzene rings is 1. The Morgan fingerprint density at radius 3 is 2.28 bits per heavy atom. The standard InChI is InChI=1S/C21H31BClNO5/c1-19(2,3)27-18(25)24-13-15(22-28-20(4,5)21(6,7)29-22)11-14-9-10-17(26-8)16(23)12-14/h9-12H,13H2,1-8H3,(H,24,25). The Morgan fingerprint density at radius 2 is 1.79 bits per heavy atom. The van der Waals surface area contributed by atoms with Crippen LogP contribution in [0.4, 0.5) is 4.79 Å². The lowest BCUT2D eigenvalue weighted by Crippen LogP contribution is -2.41. The lowest BCUT2D eigenvalue weighted by Gasteiger charge is -2.32. The Kier molecular flexibility index (Phi) is 6.98. The molecule has 1 aromatic rings. The second-order valence-electron chi connectivity index (χ2n) is 9.06. The maximum atomic E-state index is 12.1. The number of amides is 1. The lowest BCUT2D eigenvalue weighted by atomic mass is 9.77. The molecule has 0 radical (unpaired) electrons. The minimum Gasteiger partial charge on any atom is -0.495 e. The summed E-state index contributed by atoms with van der Waals surface area (Å²) >= 11 is 6.26. The van der Waals surface area contributed by atoms with E-state index in [1.807, 2.05) is 60.6 Å². The molecule has 0 atom stereocenters. The molecule has 0 unspecified atom stereocenters. The number of nitrogens with one attached hydrogen (secondary N) is 1. The molecule has 6 nitrogen and oxygen atoms in total. The number of hydrogen-bond donors (Lipinski definition) is 1. The van der Waals surface area contributed by atoms with E-state index in [0.717, 1.165) is 11.0 Å². The smallest absolute Gasteiger partial charge is 0.492 e. The van der Waals surface area contributed by atoms with Crippen LogP contribution in [-0.4, -0.2) is 43.7 Å². The van der Waals surface area contributed by atoms with Gasteiger partial charge in [-0.2, -0.15) is 0 Å². The summed E-state index contributed by atoms with van der Waals surface area (Å²) in [7, 11) is 0.952. The number of methoxy groups -OCH3 is 1. The zero-order chi connectivity index (χ0) is 22.0. The second-order valence-corrected chi connectivity index (χ2v) is 9.46. The summed E-state index contributed by atoms with van der Waals surface area (Å²) in [6, 6.07) is 5.46. The van der Waals surface area contributed by atoms with Crippen LogP contribution in [-0.2, 0) is 14.0 Å². The van der Waals surface area contributed by atoms with E-state index in [2.05, 4.69) is 5.32 Å². The summed E-state index contributed by atoms with van der Waals surface area (Å²) in [6.07, 6.45) is 1.39. The topological polar surface area (TPSA) is 66.0 Å². The van der Waals surface area contributed by atoms with Crippen LogP contribution in [0.1, 0.15) is 54.0 Å². The normalized spacial score (nSPS) is 18.5. The molecule has 1 heterocycles. The highest BCUT2D eigenvalue weighted by molar-refractivity contribution is 6.56. The van der Waals surface area contributed by atoms with Gasteiger partial charge in [0, 0.05) is 6.54 Å². The van der Waals surface area contributed by atoms with Crippen LogP contribution in [0.25, 0.3) is 6.08 Å². The SMILES string of the molecule is COc1ccc(C=C(CNC(=O)OC(C)(C)C)B2OC(C)(C)C(C)(C)O2)cc1Cl. The molecule has 1 amide bonds. The number of hydrogen-bond acceptors (Lipinski definition) is 5. The van der Waals surface area contributed by atoms with E-state index in [0.29, 0.717) is 10.8 Å². The molecule has 0 aromatic heterocycles. The average Bonchev–Trinajstić information content (AvgIpc) is 2.77. The van der Waals surface area contributed by atoms with Crippen LogP contribution in [0.2, 0.25) is 5.02 Å². The van der Waals surface area contributed by atoms with Crippen molar-refractivity contribution in [1.82, 2.24) is 5.32 Å². The zero-order valence-corrected chi connectivity index (χ0v) is 19.3. The molecular formula is C21H31BClNO5. The third-order valence-electron chi connectivity index (χ3n) is 4.92. The highest BCUT2D eigenvalue weighted by Gasteiger charge is 2.52. The fourth-order valence-corrected chi connectivity index (χ4v) is 2.94. The fraction of sp³-hybridized carbons (Fsp3) is 0.571. The van der Waals surface area contributed by atoms with Gasteiger partial charge in [0.15, 0.2) is 0 Å². The molecule has 1 N–H and O–H groups in total. The van der Waals surface area contributed by atoms with Gasteiger partial charge in [0.05, 0.1) is 23.3 Å². The van der Waals surface area contributed by atoms with Crippen LogP contribution in [0, 0.1) is 0 Å². The quantitative estimate of drug-likeness (QED) is 0.683. The third-order valence-corrected chi connectivity index (χ3v) is 5.22. The van der Waals surface area contributed by atoms with Gasteiger partial charge in [-0.05, 0) is 71.6 Å². The summed E-state index contributed by atoms with van der Waals surface area (Å²) in [5.74, 6) is 0.591. The van der Waals surface area contributed by atoms with Gasteiger partial charge in [-0.15, -0.1) is 0 Å². The van der Waals surface area contributed by atoms with Gasteiger partial charge in [0.1, 0.15) is 11.4 Å². The highest BCUT2D eigenvalue weighted by Crippen LogP contribution is 2.39. The minimum atomic E-state index is -0.615. The Labute approximate surface area is 179 Å². The zero-order valence-electron chi connectivity index (χ0n) is 18.5. The van der Waals surface area contributed by atoms with Crippen molar-refractivity contribution in [3.63, 3.8) is 0 Å². The van der Waals surface area contributed by atoms with E-state index < -0.39 is 30.0 Å². The van der Waals surface area contributed by atoms with E-state index in [1.54, 1.807) is 19.2 Å². The van der Waals surface area contributed by atoms with Gasteiger partial charge in [0.2, 0.25) is 0 Å². The number of ether oxygens (including phenoxy) is 2. The van der Waals surface area contributed by atoms with Gasteiger partial charge in [0.25, 0.3) is 0 Å². The van der Waals surface area contributed by atoms with Crippen LogP contribution in [0.3, 0.4) is 0 Å². The first-order valence-electron chi connectivity index (χ1n) is 9.60. The number of carbonyl (C=O) groups is 1. The molecule has 0 bridgehead atoms. The van der Waals surface area contributed by atoms with E-state index >= 15 is 0 Å². The van der Waals surface area contributed by atoms with Crippen molar-refractivity contribution in [3.8, 4) is 5.75 Å². The summed E-state index contributed by atoms with van der Waals surface area (Å²) in [6.45, 7) is 13.6. The van der Waals surface area contributed by atoms with E-state index in [1.165, 1.54) is 0 Å². The minimum absolute atomic E-state index is 0.204. The lowest BCUT2D eigenvalue weighted by molar-refractivity contribution is 0.00578. The average molecular weight is 424 g/mol. The molecule has 1 aliphatic heterocycles. The molecule has 29 heavy (non-hydrogen) atoms. The van der Waals surface area contributed by atoms with Crippen LogP contribution >= 0.6 is 11.6 Å². The van der Waals surface area contributed by atoms with Crippen molar-refractivity contribution in [2.75, 3.05) is 13.7 Å². The molecule has 2 rings (SSSR count). The number of alkyl carbamates (subject to hydrolysis) is 1. The predicted octanol–water partition coefficient (Wildman–Crippen LogP) is 4.89. The first kappa shape index (κ1) is 23.6. The molecular weight excluding hydrogens is 392 g/mol. The van der Waals surface area contributed by atoms with E-state index in [-0.39, 0.29) is 6.54 Å². The molecule has 0 spiro atoms. The third kappa shape index (κ3) is 6.14. The van der Waals surface area contributed by atoms with Gasteiger partial charge in [-0.25, -0.2) is 4.79 Å². The van der Waals surface area contributed by atoms with Crippen molar-refractivity contribution in [3.05, 3.63) is 34.3 Å². The Bertz CT molecular complexity index is 770. The van der Waals surface area contributed by atoms with Crippen LogP contribution < -0.4 is 10.1 Å². The highest BCUT2D eigenvalue weighted by atomic mass is 35.5. The number of carbonyl (C=O) groups excluding carboxylic acids is 1. The maximum absolute atomic E-state index is 12.1. The van der Waals surface area contributed by atoms with Crippen molar-refractivity contribution in [1.29, 1.82) is 0 Å². The Morgan fingerprint density at radius 1 is 1.21 bits per heavy atom. The first-order valence-corrected chi connectivity index (χ1v) is 9.98. The molecule has 160 valence electrons. The predicted molar refractivity (Wildman–Crippen MR) is 116 cm³/mol. The summed E-state index contributed by atoms with van der Waals surface area (Å²) in [5, 5.41) is 3.28. The number of rotatable bonds is 5. The molecule has 1 saturated heterocycles. The molecule has 0 aliphatic carbocycles.